The number of benzene rings is 4. The number of hydrogen-bond donors (Lipinski definition) is 3. The van der Waals surface area contributed by atoms with Gasteiger partial charge in [0.1, 0.15) is 5.75 Å². The quantitative estimate of drug-likeness (QED) is 0.104. The van der Waals surface area contributed by atoms with E-state index in [4.69, 9.17) is 4.74 Å². The molecule has 3 heterocycles. The molecule has 398 valence electrons. The fourth-order valence-corrected chi connectivity index (χ4v) is 17.0. The summed E-state index contributed by atoms with van der Waals surface area (Å²) in [7, 11) is -23.3. The monoisotopic (exact) mass is 1120 g/mol. The van der Waals surface area contributed by atoms with Crippen LogP contribution < -0.4 is 18.9 Å². The van der Waals surface area contributed by atoms with Gasteiger partial charge in [0.05, 0.1) is 21.8 Å². The third kappa shape index (κ3) is 13.0. The summed E-state index contributed by atoms with van der Waals surface area (Å²) >= 11 is 0. The van der Waals surface area contributed by atoms with E-state index >= 15 is 8.42 Å². The minimum absolute atomic E-state index is 0.00336. The normalized spacial score (nSPS) is 22.4. The van der Waals surface area contributed by atoms with Gasteiger partial charge in [-0.15, -0.1) is 0 Å². The summed E-state index contributed by atoms with van der Waals surface area (Å²) in [6, 6.07) is 19.9. The first-order chi connectivity index (χ1) is 34.3. The molecule has 19 nitrogen and oxygen atoms in total. The van der Waals surface area contributed by atoms with Gasteiger partial charge in [0.2, 0.25) is 60.1 Å². The number of hydrogen-bond acceptors (Lipinski definition) is 13. The van der Waals surface area contributed by atoms with E-state index in [1.165, 1.54) is 50.4 Å². The molecule has 3 fully saturated rings. The van der Waals surface area contributed by atoms with E-state index in [1.54, 1.807) is 55.5 Å². The van der Waals surface area contributed by atoms with Crippen molar-refractivity contribution < 1.29 is 55.2 Å². The van der Waals surface area contributed by atoms with Gasteiger partial charge >= 0.3 is 0 Å². The molecule has 4 aromatic rings. The average molecular weight is 1120 g/mol. The van der Waals surface area contributed by atoms with Crippen molar-refractivity contribution >= 4 is 70.9 Å². The van der Waals surface area contributed by atoms with Crippen molar-refractivity contribution in [2.45, 2.75) is 59.8 Å². The minimum atomic E-state index is -4.61. The molecule has 4 aromatic carbocycles. The van der Waals surface area contributed by atoms with E-state index in [1.807, 2.05) is 0 Å². The van der Waals surface area contributed by atoms with E-state index < -0.39 is 83.9 Å². The molecule has 3 saturated heterocycles. The number of piperidine rings is 3. The Balaban J connectivity index is 1.31. The highest BCUT2D eigenvalue weighted by atomic mass is 32.2. The summed E-state index contributed by atoms with van der Waals surface area (Å²) in [5.74, 6) is -2.02. The third-order valence-corrected chi connectivity index (χ3v) is 22.6. The summed E-state index contributed by atoms with van der Waals surface area (Å²) in [5.41, 5.74) is 1.13. The first-order valence-corrected chi connectivity index (χ1v) is 32.4. The molecule has 0 saturated carbocycles. The number of methoxy groups -OCH3 is 1. The van der Waals surface area contributed by atoms with Crippen molar-refractivity contribution in [1.29, 1.82) is 0 Å². The lowest BCUT2D eigenvalue weighted by Gasteiger charge is -2.47. The molecule has 5 atom stereocenters. The topological polar surface area (TPSA) is 260 Å². The Bertz CT molecular complexity index is 3450. The summed E-state index contributed by atoms with van der Waals surface area (Å²) in [5, 5.41) is 3.35. The van der Waals surface area contributed by atoms with Gasteiger partial charge in [0, 0.05) is 80.7 Å². The lowest BCUT2D eigenvalue weighted by atomic mass is 9.80. The van der Waals surface area contributed by atoms with Crippen molar-refractivity contribution in [2.75, 3.05) is 59.5 Å². The second-order valence-electron chi connectivity index (χ2n) is 18.7. The molecular weight excluding hydrogens is 1060 g/mol. The standard InChI is InChI=1S/C48H62N6O13S6/c1-6-68(55,56)49-28-36-15-13-21-52(31-36)71(61,62)43-25-40(23-42(26-43)67-5)46-27-44(24-39-16-10-11-17-45(39)46)72(63,64)54-33-37(29-50-69(57,58)7-2)19-20-47(54)41-22-38(30-51-70(59,60)8-3)32-53(34-41)73(65,66)48-18-12-9-14-35(48)4/h6-12,14,16-18,23-27,36-38,41,47,49-51H,1-3,13,15,19-22,28-34H2,4-5H3/t36-,37-,38-,41?,47?/m1/s1. The van der Waals surface area contributed by atoms with Crippen LogP contribution in [0.2, 0.25) is 0 Å². The Labute approximate surface area is 430 Å². The number of nitrogens with zero attached hydrogens (tertiary/aromatic N) is 3. The maximum absolute atomic E-state index is 15.7. The van der Waals surface area contributed by atoms with Crippen LogP contribution in [0.4, 0.5) is 0 Å². The Morgan fingerprint density at radius 2 is 1.18 bits per heavy atom. The largest absolute Gasteiger partial charge is 0.497 e. The Hall–Kier alpha value is -4.38. The van der Waals surface area contributed by atoms with Crippen molar-refractivity contribution in [3.05, 3.63) is 120 Å². The molecule has 2 unspecified atom stereocenters. The summed E-state index contributed by atoms with van der Waals surface area (Å²) < 4.78 is 181. The maximum Gasteiger partial charge on any atom is 0.243 e. The molecule has 0 amide bonds. The van der Waals surface area contributed by atoms with Gasteiger partial charge in [0.25, 0.3) is 0 Å². The summed E-state index contributed by atoms with van der Waals surface area (Å²) in [6.45, 7) is 11.2. The molecule has 0 aliphatic carbocycles. The highest BCUT2D eigenvalue weighted by Gasteiger charge is 2.46. The van der Waals surface area contributed by atoms with E-state index in [9.17, 15) is 42.1 Å². The van der Waals surface area contributed by atoms with Crippen LogP contribution in [0.25, 0.3) is 21.9 Å². The molecule has 0 bridgehead atoms. The zero-order valence-electron chi connectivity index (χ0n) is 40.5. The molecule has 3 N–H and O–H groups in total. The molecule has 7 rings (SSSR count). The summed E-state index contributed by atoms with van der Waals surface area (Å²) in [6.07, 6.45) is 1.79. The number of nitrogens with one attached hydrogen (secondary N) is 3. The van der Waals surface area contributed by atoms with Gasteiger partial charge in [-0.1, -0.05) is 62.2 Å². The van der Waals surface area contributed by atoms with E-state index in [-0.39, 0.29) is 91.6 Å². The number of rotatable bonds is 21. The molecule has 25 heteroatoms. The van der Waals surface area contributed by atoms with Gasteiger partial charge in [-0.3, -0.25) is 0 Å². The van der Waals surface area contributed by atoms with E-state index in [0.717, 1.165) is 16.2 Å². The van der Waals surface area contributed by atoms with Gasteiger partial charge in [-0.05, 0) is 120 Å². The van der Waals surface area contributed by atoms with Gasteiger partial charge in [-0.25, -0.2) is 64.7 Å². The first-order valence-electron chi connectivity index (χ1n) is 23.5. The number of aryl methyl sites for hydroxylation is 1. The lowest BCUT2D eigenvalue weighted by molar-refractivity contribution is 0.0894. The van der Waals surface area contributed by atoms with Crippen LogP contribution >= 0.6 is 0 Å². The molecule has 0 spiro atoms. The SMILES string of the molecule is C=CS(=O)(=O)NC[C@H]1CCCN(S(=O)(=O)c2cc(OC)cc(-c3cc(S(=O)(=O)N4C[C@@H](CNS(=O)(=O)C=C)CCC4C4C[C@H](CNS(=O)(=O)C=C)CN(S(=O)(=O)c5ccccc5C)C4)cc4ccccc34)c2)C1. The zero-order chi connectivity index (χ0) is 53.1. The average Bonchev–Trinajstić information content (AvgIpc) is 3.38. The lowest BCUT2D eigenvalue weighted by Crippen LogP contribution is -2.57. The second-order valence-corrected chi connectivity index (χ2v) is 29.5. The Kier molecular flexibility index (Phi) is 17.3. The fraction of sp³-hybridized carbons (Fsp3) is 0.417. The maximum atomic E-state index is 15.7. The molecule has 73 heavy (non-hydrogen) atoms. The van der Waals surface area contributed by atoms with Gasteiger partial charge in [0.15, 0.2) is 0 Å². The smallest absolute Gasteiger partial charge is 0.243 e. The summed E-state index contributed by atoms with van der Waals surface area (Å²) in [4.78, 5) is -0.266. The fourth-order valence-electron chi connectivity index (χ4n) is 9.99. The highest BCUT2D eigenvalue weighted by molar-refractivity contribution is 7.93. The highest BCUT2D eigenvalue weighted by Crippen LogP contribution is 2.41. The number of ether oxygens (including phenoxy) is 1. The van der Waals surface area contributed by atoms with Gasteiger partial charge < -0.3 is 4.74 Å². The Morgan fingerprint density at radius 3 is 1.81 bits per heavy atom. The van der Waals surface area contributed by atoms with Crippen LogP contribution in [-0.2, 0) is 60.1 Å². The van der Waals surface area contributed by atoms with Crippen LogP contribution in [0.15, 0.2) is 130 Å². The third-order valence-electron chi connectivity index (χ3n) is 13.8. The van der Waals surface area contributed by atoms with Gasteiger partial charge in [-0.2, -0.15) is 12.9 Å². The minimum Gasteiger partial charge on any atom is -0.497 e. The van der Waals surface area contributed by atoms with Crippen LogP contribution in [0, 0.1) is 30.6 Å². The van der Waals surface area contributed by atoms with Crippen molar-refractivity contribution in [3.8, 4) is 16.9 Å². The van der Waals surface area contributed by atoms with Crippen LogP contribution in [-0.4, -0.2) is 129 Å². The number of sulfonamides is 6. The van der Waals surface area contributed by atoms with E-state index in [0.29, 0.717) is 46.7 Å². The molecule has 3 aliphatic heterocycles. The van der Waals surface area contributed by atoms with E-state index in [2.05, 4.69) is 33.9 Å². The van der Waals surface area contributed by atoms with Crippen LogP contribution in [0.3, 0.4) is 0 Å². The molecule has 0 aromatic heterocycles. The first kappa shape index (κ1) is 56.3. The van der Waals surface area contributed by atoms with Crippen molar-refractivity contribution in [1.82, 2.24) is 27.1 Å². The molecule has 3 aliphatic rings. The predicted octanol–water partition coefficient (Wildman–Crippen LogP) is 4.51. The molecule has 0 radical (unpaired) electrons. The Morgan fingerprint density at radius 1 is 0.603 bits per heavy atom. The van der Waals surface area contributed by atoms with Crippen LogP contribution in [0.5, 0.6) is 5.75 Å². The predicted molar refractivity (Wildman–Crippen MR) is 281 cm³/mol. The van der Waals surface area contributed by atoms with Crippen LogP contribution in [0.1, 0.15) is 37.7 Å². The van der Waals surface area contributed by atoms with Crippen molar-refractivity contribution in [3.63, 3.8) is 0 Å². The zero-order valence-corrected chi connectivity index (χ0v) is 45.4. The molecular formula is C48H62N6O13S6. The number of fused-ring (bicyclic) bond motifs is 1. The van der Waals surface area contributed by atoms with Crippen molar-refractivity contribution in [2.24, 2.45) is 23.7 Å². The second kappa shape index (κ2) is 22.5.